The molecule has 0 unspecified atom stereocenters. The minimum Gasteiger partial charge on any atom is -0.508 e. The number of aromatic hydroxyl groups is 1. The fourth-order valence-corrected chi connectivity index (χ4v) is 4.15. The zero-order chi connectivity index (χ0) is 16.2. The number of methoxy groups -OCH3 is 2. The molecule has 122 valence electrons. The monoisotopic (exact) mass is 316 g/mol. The third-order valence-electron chi connectivity index (χ3n) is 5.17. The van der Waals surface area contributed by atoms with Gasteiger partial charge >= 0.3 is 0 Å². The molecule has 1 aromatic rings. The molecule has 0 saturated heterocycles. The van der Waals surface area contributed by atoms with Crippen LogP contribution in [0.3, 0.4) is 0 Å². The summed E-state index contributed by atoms with van der Waals surface area (Å²) < 4.78 is 16.7. The molecular weight excluding hydrogens is 296 g/mol. The van der Waals surface area contributed by atoms with Crippen LogP contribution in [0, 0.1) is 0 Å². The van der Waals surface area contributed by atoms with Crippen molar-refractivity contribution in [1.82, 2.24) is 0 Å². The van der Waals surface area contributed by atoms with E-state index in [4.69, 9.17) is 14.2 Å². The third-order valence-corrected chi connectivity index (χ3v) is 5.17. The van der Waals surface area contributed by atoms with Crippen molar-refractivity contribution in [2.75, 3.05) is 20.8 Å². The highest BCUT2D eigenvalue weighted by molar-refractivity contribution is 5.54. The maximum absolute atomic E-state index is 11.1. The number of phenols is 1. The first-order valence-electron chi connectivity index (χ1n) is 7.74. The summed E-state index contributed by atoms with van der Waals surface area (Å²) in [5.41, 5.74) is 2.40. The van der Waals surface area contributed by atoms with E-state index in [-0.39, 0.29) is 18.3 Å². The minimum atomic E-state index is -0.934. The van der Waals surface area contributed by atoms with Gasteiger partial charge in [-0.1, -0.05) is 17.2 Å². The number of rotatable bonds is 2. The molecule has 23 heavy (non-hydrogen) atoms. The van der Waals surface area contributed by atoms with Crippen LogP contribution in [-0.2, 0) is 9.47 Å². The molecule has 0 amide bonds. The summed E-state index contributed by atoms with van der Waals surface area (Å²) >= 11 is 0. The lowest BCUT2D eigenvalue weighted by atomic mass is 9.78. The van der Waals surface area contributed by atoms with E-state index in [0.717, 1.165) is 17.1 Å². The van der Waals surface area contributed by atoms with Gasteiger partial charge in [0.05, 0.1) is 14.2 Å². The van der Waals surface area contributed by atoms with Gasteiger partial charge in [-0.15, -0.1) is 0 Å². The number of allylic oxidation sites excluding steroid dienone is 2. The van der Waals surface area contributed by atoms with Gasteiger partial charge in [-0.25, -0.2) is 0 Å². The highest BCUT2D eigenvalue weighted by Gasteiger charge is 2.52. The van der Waals surface area contributed by atoms with Crippen LogP contribution in [0.1, 0.15) is 30.7 Å². The van der Waals surface area contributed by atoms with E-state index in [1.165, 1.54) is 11.1 Å². The lowest BCUT2D eigenvalue weighted by molar-refractivity contribution is -0.0238. The van der Waals surface area contributed by atoms with Crippen molar-refractivity contribution in [2.45, 2.75) is 30.8 Å². The maximum Gasteiger partial charge on any atom is 0.137 e. The van der Waals surface area contributed by atoms with Crippen molar-refractivity contribution < 1.29 is 24.4 Å². The van der Waals surface area contributed by atoms with Gasteiger partial charge in [0.25, 0.3) is 0 Å². The second-order valence-electron chi connectivity index (χ2n) is 6.46. The molecular formula is C18H20O5. The molecule has 0 radical (unpaired) electrons. The highest BCUT2D eigenvalue weighted by atomic mass is 16.5. The molecule has 3 aliphatic rings. The van der Waals surface area contributed by atoms with Crippen molar-refractivity contribution >= 4 is 0 Å². The molecule has 2 N–H and O–H groups in total. The van der Waals surface area contributed by atoms with Crippen LogP contribution in [0.15, 0.2) is 40.9 Å². The number of hydrogen-bond donors (Lipinski definition) is 2. The average Bonchev–Trinajstić information content (AvgIpc) is 2.84. The number of hydrogen-bond acceptors (Lipinski definition) is 5. The molecule has 0 spiro atoms. The van der Waals surface area contributed by atoms with Crippen molar-refractivity contribution in [3.05, 3.63) is 46.4 Å². The number of fused-ring (bicyclic) bond motifs is 4. The summed E-state index contributed by atoms with van der Waals surface area (Å²) in [6, 6.07) is 5.10. The van der Waals surface area contributed by atoms with Crippen LogP contribution >= 0.6 is 0 Å². The van der Waals surface area contributed by atoms with Crippen molar-refractivity contribution in [3.8, 4) is 11.5 Å². The Labute approximate surface area is 134 Å². The van der Waals surface area contributed by atoms with Gasteiger partial charge < -0.3 is 24.4 Å². The topological polar surface area (TPSA) is 68.2 Å². The van der Waals surface area contributed by atoms with Crippen LogP contribution in [0.2, 0.25) is 0 Å². The molecule has 0 bridgehead atoms. The fraction of sp³-hybridized carbons (Fsp3) is 0.444. The zero-order valence-corrected chi connectivity index (χ0v) is 13.3. The molecule has 1 aromatic carbocycles. The average molecular weight is 316 g/mol. The minimum absolute atomic E-state index is 0.120. The number of phenolic OH excluding ortho intramolecular Hbond substituents is 1. The van der Waals surface area contributed by atoms with Crippen LogP contribution in [0.5, 0.6) is 11.5 Å². The smallest absolute Gasteiger partial charge is 0.137 e. The highest BCUT2D eigenvalue weighted by Crippen LogP contribution is 2.56. The Hall–Kier alpha value is -2.14. The Morgan fingerprint density at radius 3 is 2.65 bits per heavy atom. The Morgan fingerprint density at radius 2 is 1.91 bits per heavy atom. The van der Waals surface area contributed by atoms with Crippen LogP contribution in [0.25, 0.3) is 0 Å². The summed E-state index contributed by atoms with van der Waals surface area (Å²) in [5.74, 6) is 2.35. The van der Waals surface area contributed by atoms with Crippen molar-refractivity contribution in [1.29, 1.82) is 0 Å². The van der Waals surface area contributed by atoms with Crippen molar-refractivity contribution in [3.63, 3.8) is 0 Å². The summed E-state index contributed by atoms with van der Waals surface area (Å²) in [6.07, 6.45) is 1.89. The zero-order valence-electron chi connectivity index (χ0n) is 13.3. The molecule has 1 aliphatic heterocycles. The predicted molar refractivity (Wildman–Crippen MR) is 83.2 cm³/mol. The van der Waals surface area contributed by atoms with Crippen molar-refractivity contribution in [2.24, 2.45) is 0 Å². The number of benzene rings is 1. The molecule has 5 nitrogen and oxygen atoms in total. The van der Waals surface area contributed by atoms with Gasteiger partial charge in [0.2, 0.25) is 0 Å². The number of ether oxygens (including phenoxy) is 3. The molecule has 0 saturated carbocycles. The molecule has 2 aliphatic carbocycles. The van der Waals surface area contributed by atoms with Gasteiger partial charge in [0.1, 0.15) is 35.2 Å². The summed E-state index contributed by atoms with van der Waals surface area (Å²) in [7, 11) is 3.30. The summed E-state index contributed by atoms with van der Waals surface area (Å²) in [6.45, 7) is 0.228. The first-order valence-corrected chi connectivity index (χ1v) is 7.74. The quantitative estimate of drug-likeness (QED) is 0.821. The van der Waals surface area contributed by atoms with E-state index >= 15 is 0 Å². The van der Waals surface area contributed by atoms with E-state index in [1.807, 2.05) is 6.07 Å². The van der Waals surface area contributed by atoms with Crippen LogP contribution in [-0.4, -0.2) is 36.6 Å². The molecule has 5 heteroatoms. The lowest BCUT2D eigenvalue weighted by Gasteiger charge is -2.37. The number of aliphatic hydroxyl groups is 1. The Kier molecular flexibility index (Phi) is 3.10. The van der Waals surface area contributed by atoms with Gasteiger partial charge in [0.15, 0.2) is 0 Å². The SMILES string of the molecule is COC1=C(OC)CC2=C(C1)C[C@@]1(O)COc3cc(O)ccc3[C@@H]21. The van der Waals surface area contributed by atoms with Gasteiger partial charge in [-0.3, -0.25) is 0 Å². The molecule has 1 heterocycles. The van der Waals surface area contributed by atoms with Crippen LogP contribution in [0.4, 0.5) is 0 Å². The fourth-order valence-electron chi connectivity index (χ4n) is 4.15. The van der Waals surface area contributed by atoms with E-state index in [0.29, 0.717) is 25.0 Å². The Morgan fingerprint density at radius 1 is 1.17 bits per heavy atom. The lowest BCUT2D eigenvalue weighted by Crippen LogP contribution is -2.43. The largest absolute Gasteiger partial charge is 0.508 e. The van der Waals surface area contributed by atoms with E-state index in [9.17, 15) is 10.2 Å². The molecule has 2 atom stereocenters. The predicted octanol–water partition coefficient (Wildman–Crippen LogP) is 2.60. The Balaban J connectivity index is 1.78. The second kappa shape index (κ2) is 4.93. The Bertz CT molecular complexity index is 733. The summed E-state index contributed by atoms with van der Waals surface area (Å²) in [5, 5.41) is 20.8. The van der Waals surface area contributed by atoms with E-state index < -0.39 is 5.60 Å². The molecule has 4 rings (SSSR count). The van der Waals surface area contributed by atoms with Gasteiger partial charge in [-0.2, -0.15) is 0 Å². The standard InChI is InChI=1S/C18H20O5/c1-21-15-5-10-8-18(20)9-23-14-6-11(19)3-4-12(14)17(18)13(10)7-16(15)22-2/h3-4,6,17,19-20H,5,7-9H2,1-2H3/t17-,18+/m0/s1. The third kappa shape index (κ3) is 2.03. The van der Waals surface area contributed by atoms with Crippen LogP contribution < -0.4 is 4.74 Å². The molecule has 0 fully saturated rings. The summed E-state index contributed by atoms with van der Waals surface area (Å²) in [4.78, 5) is 0. The maximum atomic E-state index is 11.1. The molecule has 0 aromatic heterocycles. The van der Waals surface area contributed by atoms with E-state index in [1.54, 1.807) is 26.4 Å². The normalized spacial score (nSPS) is 28.7. The van der Waals surface area contributed by atoms with E-state index in [2.05, 4.69) is 0 Å². The second-order valence-corrected chi connectivity index (χ2v) is 6.46. The van der Waals surface area contributed by atoms with Gasteiger partial charge in [-0.05, 0) is 6.07 Å². The first-order chi connectivity index (χ1) is 11.1. The first kappa shape index (κ1) is 14.5. The van der Waals surface area contributed by atoms with Gasteiger partial charge in [0, 0.05) is 36.8 Å².